The number of anilines is 1. The first-order valence-corrected chi connectivity index (χ1v) is 8.52. The minimum Gasteiger partial charge on any atom is -0.481 e. The Hall–Kier alpha value is -2.68. The molecule has 140 valence electrons. The van der Waals surface area contributed by atoms with Gasteiger partial charge < -0.3 is 19.6 Å². The predicted octanol–water partition coefficient (Wildman–Crippen LogP) is 1.22. The molecule has 1 aromatic rings. The van der Waals surface area contributed by atoms with Crippen molar-refractivity contribution in [3.63, 3.8) is 0 Å². The van der Waals surface area contributed by atoms with E-state index in [2.05, 4.69) is 0 Å². The van der Waals surface area contributed by atoms with E-state index in [0.717, 1.165) is 0 Å². The Morgan fingerprint density at radius 2 is 1.96 bits per heavy atom. The third-order valence-electron chi connectivity index (χ3n) is 4.99. The first-order valence-electron chi connectivity index (χ1n) is 8.52. The molecule has 1 N–H and O–H groups in total. The van der Waals surface area contributed by atoms with Gasteiger partial charge in [-0.3, -0.25) is 19.7 Å². The zero-order valence-corrected chi connectivity index (χ0v) is 14.5. The standard InChI is InChI=1S/C17H21N3O6/c1-11-9-19(10-13(11)17(22)23)16(21)12-3-2-4-14(20(24)25)15(12)18-5-7-26-8-6-18/h2-4,11,13H,5-10H2,1H3,(H,22,23)/t11-,13-/m1/s1. The molecule has 2 heterocycles. The minimum absolute atomic E-state index is 0.112. The largest absolute Gasteiger partial charge is 0.481 e. The van der Waals surface area contributed by atoms with E-state index < -0.39 is 16.8 Å². The van der Waals surface area contributed by atoms with Crippen molar-refractivity contribution in [2.24, 2.45) is 11.8 Å². The SMILES string of the molecule is C[C@@H]1CN(C(=O)c2cccc([N+](=O)[O-])c2N2CCOCC2)C[C@H]1C(=O)O. The number of amides is 1. The highest BCUT2D eigenvalue weighted by Gasteiger charge is 2.39. The van der Waals surface area contributed by atoms with Crippen LogP contribution in [0.3, 0.4) is 0 Å². The summed E-state index contributed by atoms with van der Waals surface area (Å²) >= 11 is 0. The normalized spacial score (nSPS) is 23.1. The number of carboxylic acids is 1. The van der Waals surface area contributed by atoms with Crippen LogP contribution in [0.4, 0.5) is 11.4 Å². The summed E-state index contributed by atoms with van der Waals surface area (Å²) in [6, 6.07) is 4.44. The van der Waals surface area contributed by atoms with Crippen LogP contribution in [0, 0.1) is 22.0 Å². The van der Waals surface area contributed by atoms with Gasteiger partial charge in [-0.2, -0.15) is 0 Å². The first-order chi connectivity index (χ1) is 12.4. The van der Waals surface area contributed by atoms with Gasteiger partial charge in [-0.05, 0) is 12.0 Å². The van der Waals surface area contributed by atoms with Crippen LogP contribution in [0.25, 0.3) is 0 Å². The number of likely N-dealkylation sites (tertiary alicyclic amines) is 1. The summed E-state index contributed by atoms with van der Waals surface area (Å²) in [7, 11) is 0. The second-order valence-corrected chi connectivity index (χ2v) is 6.66. The molecule has 9 nitrogen and oxygen atoms in total. The minimum atomic E-state index is -0.930. The molecule has 2 fully saturated rings. The predicted molar refractivity (Wildman–Crippen MR) is 92.3 cm³/mol. The number of carboxylic acid groups (broad SMARTS) is 1. The molecular formula is C17H21N3O6. The molecule has 0 unspecified atom stereocenters. The summed E-state index contributed by atoms with van der Waals surface area (Å²) in [5, 5.41) is 20.8. The average Bonchev–Trinajstić information content (AvgIpc) is 3.03. The van der Waals surface area contributed by atoms with Gasteiger partial charge >= 0.3 is 5.97 Å². The van der Waals surface area contributed by atoms with Crippen LogP contribution in [0.15, 0.2) is 18.2 Å². The van der Waals surface area contributed by atoms with Crippen molar-refractivity contribution in [3.8, 4) is 0 Å². The number of hydrogen-bond donors (Lipinski definition) is 1. The molecule has 0 saturated carbocycles. The van der Waals surface area contributed by atoms with Crippen LogP contribution in [0.5, 0.6) is 0 Å². The maximum Gasteiger partial charge on any atom is 0.308 e. The number of ether oxygens (including phenoxy) is 1. The number of nitro groups is 1. The zero-order chi connectivity index (χ0) is 18.8. The maximum atomic E-state index is 13.1. The molecule has 3 rings (SSSR count). The molecule has 2 saturated heterocycles. The van der Waals surface area contributed by atoms with Crippen LogP contribution in [0.2, 0.25) is 0 Å². The Balaban J connectivity index is 1.96. The Bertz CT molecular complexity index is 731. The third-order valence-corrected chi connectivity index (χ3v) is 4.99. The first kappa shape index (κ1) is 18.1. The van der Waals surface area contributed by atoms with E-state index in [1.807, 2.05) is 0 Å². The molecule has 2 aliphatic rings. The lowest BCUT2D eigenvalue weighted by Gasteiger charge is -2.30. The van der Waals surface area contributed by atoms with Crippen molar-refractivity contribution in [2.75, 3.05) is 44.3 Å². The Kier molecular flexibility index (Phi) is 5.08. The average molecular weight is 363 g/mol. The van der Waals surface area contributed by atoms with Crippen molar-refractivity contribution >= 4 is 23.3 Å². The maximum absolute atomic E-state index is 13.1. The van der Waals surface area contributed by atoms with Crippen LogP contribution in [-0.2, 0) is 9.53 Å². The van der Waals surface area contributed by atoms with Crippen molar-refractivity contribution in [2.45, 2.75) is 6.92 Å². The quantitative estimate of drug-likeness (QED) is 0.632. The number of rotatable bonds is 4. The summed E-state index contributed by atoms with van der Waals surface area (Å²) < 4.78 is 5.30. The molecule has 26 heavy (non-hydrogen) atoms. The molecule has 0 bridgehead atoms. The number of nitrogens with zero attached hydrogens (tertiary/aromatic N) is 3. The highest BCUT2D eigenvalue weighted by atomic mass is 16.6. The molecular weight excluding hydrogens is 342 g/mol. The summed E-state index contributed by atoms with van der Waals surface area (Å²) in [4.78, 5) is 38.7. The smallest absolute Gasteiger partial charge is 0.308 e. The molecule has 1 amide bonds. The number of carbonyl (C=O) groups is 2. The van der Waals surface area contributed by atoms with Gasteiger partial charge in [0.05, 0.1) is 29.6 Å². The van der Waals surface area contributed by atoms with Crippen LogP contribution in [0.1, 0.15) is 17.3 Å². The van der Waals surface area contributed by atoms with Gasteiger partial charge in [0.25, 0.3) is 11.6 Å². The molecule has 0 spiro atoms. The van der Waals surface area contributed by atoms with Crippen molar-refractivity contribution in [1.82, 2.24) is 4.90 Å². The van der Waals surface area contributed by atoms with E-state index in [4.69, 9.17) is 4.74 Å². The lowest BCUT2D eigenvalue weighted by molar-refractivity contribution is -0.384. The van der Waals surface area contributed by atoms with Crippen LogP contribution in [-0.4, -0.2) is 66.2 Å². The molecule has 1 aromatic carbocycles. The monoisotopic (exact) mass is 363 g/mol. The topological polar surface area (TPSA) is 113 Å². The van der Waals surface area contributed by atoms with Gasteiger partial charge in [-0.25, -0.2) is 0 Å². The van der Waals surface area contributed by atoms with Crippen molar-refractivity contribution in [1.29, 1.82) is 0 Å². The Morgan fingerprint density at radius 1 is 1.27 bits per heavy atom. The highest BCUT2D eigenvalue weighted by Crippen LogP contribution is 2.35. The summed E-state index contributed by atoms with van der Waals surface area (Å²) in [5.74, 6) is -2.09. The van der Waals surface area contributed by atoms with Gasteiger partial charge in [0.2, 0.25) is 0 Å². The lowest BCUT2D eigenvalue weighted by Crippen LogP contribution is -2.39. The molecule has 0 aromatic heterocycles. The van der Waals surface area contributed by atoms with Gasteiger partial charge in [0.15, 0.2) is 0 Å². The summed E-state index contributed by atoms with van der Waals surface area (Å²) in [6.45, 7) is 4.01. The second kappa shape index (κ2) is 7.28. The van der Waals surface area contributed by atoms with Gasteiger partial charge in [0, 0.05) is 32.2 Å². The number of benzene rings is 1. The number of para-hydroxylation sites is 1. The fourth-order valence-electron chi connectivity index (χ4n) is 3.59. The Morgan fingerprint density at radius 3 is 2.54 bits per heavy atom. The lowest BCUT2D eigenvalue weighted by atomic mass is 9.99. The Labute approximate surface area is 150 Å². The fraction of sp³-hybridized carbons (Fsp3) is 0.529. The van der Waals surface area contributed by atoms with Crippen molar-refractivity contribution < 1.29 is 24.4 Å². The molecule has 2 atom stereocenters. The number of hydrogen-bond acceptors (Lipinski definition) is 6. The number of morpholine rings is 1. The summed E-state index contributed by atoms with van der Waals surface area (Å²) in [5.41, 5.74) is 0.399. The molecule has 2 aliphatic heterocycles. The number of carbonyl (C=O) groups excluding carboxylic acids is 1. The molecule has 9 heteroatoms. The van der Waals surface area contributed by atoms with Gasteiger partial charge in [0.1, 0.15) is 5.69 Å². The molecule has 0 radical (unpaired) electrons. The van der Waals surface area contributed by atoms with Gasteiger partial charge in [-0.15, -0.1) is 0 Å². The van der Waals surface area contributed by atoms with Crippen LogP contribution < -0.4 is 4.90 Å². The van der Waals surface area contributed by atoms with E-state index in [1.54, 1.807) is 17.9 Å². The second-order valence-electron chi connectivity index (χ2n) is 6.66. The van der Waals surface area contributed by atoms with E-state index >= 15 is 0 Å². The highest BCUT2D eigenvalue weighted by molar-refractivity contribution is 6.02. The van der Waals surface area contributed by atoms with Crippen LogP contribution >= 0.6 is 0 Å². The zero-order valence-electron chi connectivity index (χ0n) is 14.5. The number of aliphatic carboxylic acids is 1. The van der Waals surface area contributed by atoms with E-state index in [9.17, 15) is 24.8 Å². The van der Waals surface area contributed by atoms with E-state index in [-0.39, 0.29) is 35.3 Å². The van der Waals surface area contributed by atoms with E-state index in [1.165, 1.54) is 17.0 Å². The fourth-order valence-corrected chi connectivity index (χ4v) is 3.59. The third kappa shape index (κ3) is 3.34. The number of nitro benzene ring substituents is 1. The molecule has 0 aliphatic carbocycles. The van der Waals surface area contributed by atoms with E-state index in [0.29, 0.717) is 32.8 Å². The van der Waals surface area contributed by atoms with Gasteiger partial charge in [-0.1, -0.05) is 13.0 Å². The summed E-state index contributed by atoms with van der Waals surface area (Å²) in [6.07, 6.45) is 0. The van der Waals surface area contributed by atoms with Crippen molar-refractivity contribution in [3.05, 3.63) is 33.9 Å².